The lowest BCUT2D eigenvalue weighted by Gasteiger charge is -2.03. The van der Waals surface area contributed by atoms with E-state index in [1.165, 1.54) is 6.26 Å². The van der Waals surface area contributed by atoms with Gasteiger partial charge in [-0.2, -0.15) is 0 Å². The minimum Gasteiger partial charge on any atom is -0.467 e. The lowest BCUT2D eigenvalue weighted by atomic mass is 10.4. The molecule has 1 aromatic rings. The monoisotopic (exact) mass is 212 g/mol. The summed E-state index contributed by atoms with van der Waals surface area (Å²) in [7, 11) is 0. The molecule has 0 bridgehead atoms. The Balaban J connectivity index is 2.26. The van der Waals surface area contributed by atoms with E-state index in [1.807, 2.05) is 0 Å². The highest BCUT2D eigenvalue weighted by Crippen LogP contribution is 1.97. The van der Waals surface area contributed by atoms with Crippen molar-refractivity contribution in [2.45, 2.75) is 6.54 Å². The standard InChI is InChI=1S/C9H12N2O4/c12-4-3-10-8(13)9(14)11-6-7-2-1-5-15-7/h1-2,5,12H,3-4,6H2,(H,10,13)(H,11,14). The molecule has 6 heteroatoms. The fraction of sp³-hybridized carbons (Fsp3) is 0.333. The zero-order valence-electron chi connectivity index (χ0n) is 8.03. The van der Waals surface area contributed by atoms with E-state index < -0.39 is 11.8 Å². The van der Waals surface area contributed by atoms with E-state index in [0.29, 0.717) is 5.76 Å². The number of furan rings is 1. The van der Waals surface area contributed by atoms with Crippen molar-refractivity contribution in [3.63, 3.8) is 0 Å². The molecule has 0 saturated heterocycles. The molecular weight excluding hydrogens is 200 g/mol. The predicted molar refractivity (Wildman–Crippen MR) is 50.7 cm³/mol. The third-order valence-corrected chi connectivity index (χ3v) is 1.61. The molecular formula is C9H12N2O4. The van der Waals surface area contributed by atoms with Gasteiger partial charge in [0.15, 0.2) is 0 Å². The molecule has 0 atom stereocenters. The van der Waals surface area contributed by atoms with Gasteiger partial charge in [0.2, 0.25) is 0 Å². The topological polar surface area (TPSA) is 91.6 Å². The molecule has 82 valence electrons. The summed E-state index contributed by atoms with van der Waals surface area (Å²) in [5, 5.41) is 13.0. The number of aliphatic hydroxyl groups is 1. The number of nitrogens with one attached hydrogen (secondary N) is 2. The summed E-state index contributed by atoms with van der Waals surface area (Å²) in [6.07, 6.45) is 1.48. The number of hydrogen-bond acceptors (Lipinski definition) is 4. The van der Waals surface area contributed by atoms with E-state index in [-0.39, 0.29) is 19.7 Å². The zero-order chi connectivity index (χ0) is 11.1. The Kier molecular flexibility index (Phi) is 4.36. The number of aliphatic hydroxyl groups excluding tert-OH is 1. The molecule has 2 amide bonds. The molecule has 0 aliphatic rings. The first kappa shape index (κ1) is 11.3. The van der Waals surface area contributed by atoms with Crippen molar-refractivity contribution in [1.82, 2.24) is 10.6 Å². The minimum absolute atomic E-state index is 0.0625. The average molecular weight is 212 g/mol. The Bertz CT molecular complexity index is 321. The molecule has 0 aliphatic carbocycles. The van der Waals surface area contributed by atoms with E-state index >= 15 is 0 Å². The van der Waals surface area contributed by atoms with Crippen LogP contribution in [0.2, 0.25) is 0 Å². The Morgan fingerprint density at radius 1 is 1.33 bits per heavy atom. The smallest absolute Gasteiger partial charge is 0.309 e. The number of carbonyl (C=O) groups is 2. The largest absolute Gasteiger partial charge is 0.467 e. The van der Waals surface area contributed by atoms with E-state index in [9.17, 15) is 9.59 Å². The summed E-state index contributed by atoms with van der Waals surface area (Å²) in [6.45, 7) is 0.0303. The van der Waals surface area contributed by atoms with Gasteiger partial charge in [-0.3, -0.25) is 9.59 Å². The average Bonchev–Trinajstić information content (AvgIpc) is 2.75. The van der Waals surface area contributed by atoms with Crippen molar-refractivity contribution in [2.24, 2.45) is 0 Å². The summed E-state index contributed by atoms with van der Waals surface area (Å²) < 4.78 is 4.96. The van der Waals surface area contributed by atoms with Gasteiger partial charge in [0.1, 0.15) is 5.76 Å². The third-order valence-electron chi connectivity index (χ3n) is 1.61. The van der Waals surface area contributed by atoms with Crippen LogP contribution in [-0.2, 0) is 16.1 Å². The van der Waals surface area contributed by atoms with Gasteiger partial charge in [0, 0.05) is 6.54 Å². The van der Waals surface area contributed by atoms with Crippen molar-refractivity contribution in [1.29, 1.82) is 0 Å². The van der Waals surface area contributed by atoms with Crippen LogP contribution in [0.4, 0.5) is 0 Å². The highest BCUT2D eigenvalue weighted by molar-refractivity contribution is 6.35. The number of hydrogen-bond donors (Lipinski definition) is 3. The molecule has 1 rings (SSSR count). The van der Waals surface area contributed by atoms with Crippen molar-refractivity contribution in [2.75, 3.05) is 13.2 Å². The molecule has 0 unspecified atom stereocenters. The SMILES string of the molecule is O=C(NCCO)C(=O)NCc1ccco1. The van der Waals surface area contributed by atoms with Gasteiger partial charge in [0.25, 0.3) is 0 Å². The maximum atomic E-state index is 11.1. The van der Waals surface area contributed by atoms with Crippen LogP contribution in [0.5, 0.6) is 0 Å². The van der Waals surface area contributed by atoms with Gasteiger partial charge in [-0.25, -0.2) is 0 Å². The summed E-state index contributed by atoms with van der Waals surface area (Å²) in [6, 6.07) is 3.37. The predicted octanol–water partition coefficient (Wildman–Crippen LogP) is -0.996. The second-order valence-electron chi connectivity index (χ2n) is 2.74. The highest BCUT2D eigenvalue weighted by Gasteiger charge is 2.12. The fourth-order valence-electron chi connectivity index (χ4n) is 0.911. The maximum Gasteiger partial charge on any atom is 0.309 e. The van der Waals surface area contributed by atoms with Crippen LogP contribution in [0.3, 0.4) is 0 Å². The molecule has 0 aromatic carbocycles. The van der Waals surface area contributed by atoms with Crippen LogP contribution in [0.15, 0.2) is 22.8 Å². The van der Waals surface area contributed by atoms with E-state index in [2.05, 4.69) is 10.6 Å². The number of carbonyl (C=O) groups excluding carboxylic acids is 2. The lowest BCUT2D eigenvalue weighted by molar-refractivity contribution is -0.139. The van der Waals surface area contributed by atoms with Gasteiger partial charge in [-0.1, -0.05) is 0 Å². The highest BCUT2D eigenvalue weighted by atomic mass is 16.3. The van der Waals surface area contributed by atoms with Crippen LogP contribution in [0.1, 0.15) is 5.76 Å². The van der Waals surface area contributed by atoms with Crippen LogP contribution in [0, 0.1) is 0 Å². The van der Waals surface area contributed by atoms with Crippen LogP contribution in [-0.4, -0.2) is 30.1 Å². The van der Waals surface area contributed by atoms with Gasteiger partial charge in [-0.15, -0.1) is 0 Å². The molecule has 3 N–H and O–H groups in total. The van der Waals surface area contributed by atoms with Gasteiger partial charge in [-0.05, 0) is 12.1 Å². The van der Waals surface area contributed by atoms with Gasteiger partial charge >= 0.3 is 11.8 Å². The van der Waals surface area contributed by atoms with Gasteiger partial charge in [0.05, 0.1) is 19.4 Å². The first-order chi connectivity index (χ1) is 7.24. The first-order valence-electron chi connectivity index (χ1n) is 4.43. The molecule has 15 heavy (non-hydrogen) atoms. The fourth-order valence-corrected chi connectivity index (χ4v) is 0.911. The quantitative estimate of drug-likeness (QED) is 0.558. The van der Waals surface area contributed by atoms with Crippen molar-refractivity contribution in [3.05, 3.63) is 24.2 Å². The lowest BCUT2D eigenvalue weighted by Crippen LogP contribution is -2.40. The summed E-state index contributed by atoms with van der Waals surface area (Å²) in [4.78, 5) is 22.1. The summed E-state index contributed by atoms with van der Waals surface area (Å²) >= 11 is 0. The number of amides is 2. The summed E-state index contributed by atoms with van der Waals surface area (Å²) in [5.41, 5.74) is 0. The van der Waals surface area contributed by atoms with Crippen LogP contribution >= 0.6 is 0 Å². The molecule has 0 fully saturated rings. The minimum atomic E-state index is -0.768. The maximum absolute atomic E-state index is 11.1. The Morgan fingerprint density at radius 2 is 2.07 bits per heavy atom. The molecule has 0 saturated carbocycles. The molecule has 6 nitrogen and oxygen atoms in total. The van der Waals surface area contributed by atoms with Crippen LogP contribution in [0.25, 0.3) is 0 Å². The number of rotatable bonds is 4. The van der Waals surface area contributed by atoms with Crippen molar-refractivity contribution >= 4 is 11.8 Å². The Morgan fingerprint density at radius 3 is 2.67 bits per heavy atom. The second-order valence-corrected chi connectivity index (χ2v) is 2.74. The van der Waals surface area contributed by atoms with Crippen LogP contribution < -0.4 is 10.6 Å². The Hall–Kier alpha value is -1.82. The van der Waals surface area contributed by atoms with E-state index in [0.717, 1.165) is 0 Å². The third kappa shape index (κ3) is 3.82. The molecule has 0 radical (unpaired) electrons. The van der Waals surface area contributed by atoms with Gasteiger partial charge < -0.3 is 20.2 Å². The molecule has 1 aromatic heterocycles. The van der Waals surface area contributed by atoms with Crippen molar-refractivity contribution < 1.29 is 19.1 Å². The Labute approximate surface area is 86.3 Å². The van der Waals surface area contributed by atoms with E-state index in [4.69, 9.17) is 9.52 Å². The zero-order valence-corrected chi connectivity index (χ0v) is 8.03. The van der Waals surface area contributed by atoms with E-state index in [1.54, 1.807) is 12.1 Å². The van der Waals surface area contributed by atoms with Crippen molar-refractivity contribution in [3.8, 4) is 0 Å². The molecule has 0 spiro atoms. The summed E-state index contributed by atoms with van der Waals surface area (Å²) in [5.74, 6) is -0.950. The first-order valence-corrected chi connectivity index (χ1v) is 4.43. The molecule has 0 aliphatic heterocycles. The molecule has 1 heterocycles. The second kappa shape index (κ2) is 5.82. The normalized spacial score (nSPS) is 9.67.